The lowest BCUT2D eigenvalue weighted by molar-refractivity contribution is 0.109. The van der Waals surface area contributed by atoms with Crippen molar-refractivity contribution in [1.29, 1.82) is 0 Å². The summed E-state index contributed by atoms with van der Waals surface area (Å²) in [7, 11) is 0. The highest BCUT2D eigenvalue weighted by Crippen LogP contribution is 2.37. The van der Waals surface area contributed by atoms with Crippen molar-refractivity contribution in [3.8, 4) is 0 Å². The zero-order valence-corrected chi connectivity index (χ0v) is 8.15. The van der Waals surface area contributed by atoms with E-state index >= 15 is 0 Å². The molecular weight excluding hydrogens is 164 g/mol. The quantitative estimate of drug-likeness (QED) is 0.658. The molecule has 2 unspecified atom stereocenters. The summed E-state index contributed by atoms with van der Waals surface area (Å²) in [6.45, 7) is 2.36. The van der Waals surface area contributed by atoms with Crippen LogP contribution in [-0.4, -0.2) is 41.8 Å². The highest BCUT2D eigenvalue weighted by Gasteiger charge is 2.37. The van der Waals surface area contributed by atoms with Gasteiger partial charge >= 0.3 is 0 Å². The van der Waals surface area contributed by atoms with Crippen molar-refractivity contribution in [2.24, 2.45) is 11.7 Å². The zero-order valence-electron chi connectivity index (χ0n) is 8.15. The van der Waals surface area contributed by atoms with Crippen LogP contribution in [0.2, 0.25) is 0 Å². The van der Waals surface area contributed by atoms with Crippen LogP contribution in [0.3, 0.4) is 0 Å². The van der Waals surface area contributed by atoms with E-state index in [2.05, 4.69) is 4.90 Å². The van der Waals surface area contributed by atoms with Crippen molar-refractivity contribution in [1.82, 2.24) is 4.90 Å². The zero-order chi connectivity index (χ0) is 9.26. The van der Waals surface area contributed by atoms with Gasteiger partial charge in [-0.25, -0.2) is 0 Å². The molecule has 13 heavy (non-hydrogen) atoms. The van der Waals surface area contributed by atoms with E-state index in [1.165, 1.54) is 32.2 Å². The number of hydrogen-bond donors (Lipinski definition) is 2. The molecule has 2 rings (SSSR count). The predicted molar refractivity (Wildman–Crippen MR) is 52.4 cm³/mol. The largest absolute Gasteiger partial charge is 0.390 e. The summed E-state index contributed by atoms with van der Waals surface area (Å²) < 4.78 is 0. The van der Waals surface area contributed by atoms with E-state index < -0.39 is 0 Å². The third-order valence-corrected chi connectivity index (χ3v) is 3.59. The van der Waals surface area contributed by atoms with Gasteiger partial charge < -0.3 is 10.8 Å². The first-order valence-electron chi connectivity index (χ1n) is 5.43. The van der Waals surface area contributed by atoms with Gasteiger partial charge in [-0.15, -0.1) is 0 Å². The van der Waals surface area contributed by atoms with Crippen LogP contribution in [0.15, 0.2) is 0 Å². The van der Waals surface area contributed by atoms with Crippen LogP contribution in [-0.2, 0) is 0 Å². The number of aliphatic hydroxyl groups excluding tert-OH is 1. The molecule has 0 amide bonds. The summed E-state index contributed by atoms with van der Waals surface area (Å²) >= 11 is 0. The van der Waals surface area contributed by atoms with Crippen LogP contribution >= 0.6 is 0 Å². The molecule has 0 radical (unpaired) electrons. The second-order valence-corrected chi connectivity index (χ2v) is 4.43. The van der Waals surface area contributed by atoms with Crippen LogP contribution < -0.4 is 5.73 Å². The fraction of sp³-hybridized carbons (Fsp3) is 1.00. The van der Waals surface area contributed by atoms with Crippen molar-refractivity contribution < 1.29 is 5.11 Å². The number of hydrogen-bond acceptors (Lipinski definition) is 3. The Hall–Kier alpha value is -0.120. The Balaban J connectivity index is 1.86. The van der Waals surface area contributed by atoms with Gasteiger partial charge in [-0.05, 0) is 31.7 Å². The van der Waals surface area contributed by atoms with Crippen molar-refractivity contribution in [2.75, 3.05) is 19.6 Å². The van der Waals surface area contributed by atoms with Crippen molar-refractivity contribution in [2.45, 2.75) is 37.8 Å². The highest BCUT2D eigenvalue weighted by atomic mass is 16.3. The van der Waals surface area contributed by atoms with Gasteiger partial charge in [0.25, 0.3) is 0 Å². The molecule has 0 aromatic carbocycles. The molecule has 0 aromatic rings. The van der Waals surface area contributed by atoms with Gasteiger partial charge in [0.2, 0.25) is 0 Å². The fourth-order valence-electron chi connectivity index (χ4n) is 2.90. The van der Waals surface area contributed by atoms with Crippen LogP contribution in [0.1, 0.15) is 25.7 Å². The van der Waals surface area contributed by atoms with Crippen LogP contribution in [0, 0.1) is 5.92 Å². The second kappa shape index (κ2) is 3.95. The first-order valence-corrected chi connectivity index (χ1v) is 5.43. The monoisotopic (exact) mass is 184 g/mol. The van der Waals surface area contributed by atoms with Gasteiger partial charge in [0.15, 0.2) is 0 Å². The standard InChI is InChI=1S/C10H20N2O/c11-6-9(13)7-12-5-4-8-2-1-3-10(8)12/h8-10,13H,1-7,11H2/t8?,9-,10?/m1/s1. The maximum atomic E-state index is 9.47. The molecule has 0 aromatic heterocycles. The van der Waals surface area contributed by atoms with Crippen molar-refractivity contribution >= 4 is 0 Å². The Morgan fingerprint density at radius 3 is 3.00 bits per heavy atom. The summed E-state index contributed by atoms with van der Waals surface area (Å²) in [5.41, 5.74) is 5.41. The third-order valence-electron chi connectivity index (χ3n) is 3.59. The van der Waals surface area contributed by atoms with Gasteiger partial charge in [0.1, 0.15) is 0 Å². The summed E-state index contributed by atoms with van der Waals surface area (Å²) in [4.78, 5) is 2.44. The molecule has 3 N–H and O–H groups in total. The minimum absolute atomic E-state index is 0.320. The molecule has 2 fully saturated rings. The topological polar surface area (TPSA) is 49.5 Å². The molecule has 1 saturated heterocycles. The molecule has 1 aliphatic carbocycles. The average molecular weight is 184 g/mol. The summed E-state index contributed by atoms with van der Waals surface area (Å²) in [6.07, 6.45) is 5.13. The van der Waals surface area contributed by atoms with Gasteiger partial charge in [-0.1, -0.05) is 6.42 Å². The normalized spacial score (nSPS) is 36.5. The maximum absolute atomic E-state index is 9.47. The molecule has 0 bridgehead atoms. The van der Waals surface area contributed by atoms with E-state index in [-0.39, 0.29) is 6.10 Å². The van der Waals surface area contributed by atoms with Gasteiger partial charge in [0, 0.05) is 19.1 Å². The Morgan fingerprint density at radius 2 is 2.23 bits per heavy atom. The second-order valence-electron chi connectivity index (χ2n) is 4.43. The maximum Gasteiger partial charge on any atom is 0.0789 e. The minimum Gasteiger partial charge on any atom is -0.390 e. The molecule has 1 heterocycles. The number of fused-ring (bicyclic) bond motifs is 1. The lowest BCUT2D eigenvalue weighted by Crippen LogP contribution is -2.39. The Kier molecular flexibility index (Phi) is 2.86. The van der Waals surface area contributed by atoms with E-state index in [1.807, 2.05) is 0 Å². The van der Waals surface area contributed by atoms with Gasteiger partial charge in [-0.2, -0.15) is 0 Å². The van der Waals surface area contributed by atoms with E-state index in [0.29, 0.717) is 6.54 Å². The number of nitrogens with zero attached hydrogens (tertiary/aromatic N) is 1. The molecule has 3 heteroatoms. The average Bonchev–Trinajstić information content (AvgIpc) is 2.69. The number of likely N-dealkylation sites (tertiary alicyclic amines) is 1. The molecule has 1 saturated carbocycles. The predicted octanol–water partition coefficient (Wildman–Crippen LogP) is 0.180. The molecule has 3 nitrogen and oxygen atoms in total. The summed E-state index contributed by atoms with van der Waals surface area (Å²) in [5, 5.41) is 9.47. The molecular formula is C10H20N2O. The molecule has 3 atom stereocenters. The van der Waals surface area contributed by atoms with Crippen LogP contribution in [0.5, 0.6) is 0 Å². The highest BCUT2D eigenvalue weighted by molar-refractivity contribution is 4.92. The smallest absolute Gasteiger partial charge is 0.0789 e. The molecule has 76 valence electrons. The summed E-state index contributed by atoms with van der Waals surface area (Å²) in [5.74, 6) is 0.921. The first kappa shape index (κ1) is 9.44. The SMILES string of the molecule is NC[C@@H](O)CN1CCC2CCCC21. The fourth-order valence-corrected chi connectivity index (χ4v) is 2.90. The third kappa shape index (κ3) is 1.87. The lowest BCUT2D eigenvalue weighted by Gasteiger charge is -2.25. The Morgan fingerprint density at radius 1 is 1.38 bits per heavy atom. The van der Waals surface area contributed by atoms with E-state index in [0.717, 1.165) is 18.5 Å². The van der Waals surface area contributed by atoms with E-state index in [1.54, 1.807) is 0 Å². The van der Waals surface area contributed by atoms with E-state index in [9.17, 15) is 5.11 Å². The molecule has 2 aliphatic rings. The first-order chi connectivity index (χ1) is 6.31. The Bertz CT molecular complexity index is 174. The van der Waals surface area contributed by atoms with Crippen molar-refractivity contribution in [3.05, 3.63) is 0 Å². The lowest BCUT2D eigenvalue weighted by atomic mass is 10.0. The summed E-state index contributed by atoms with van der Waals surface area (Å²) in [6, 6.07) is 0.765. The van der Waals surface area contributed by atoms with Gasteiger partial charge in [-0.3, -0.25) is 4.90 Å². The van der Waals surface area contributed by atoms with Crippen LogP contribution in [0.4, 0.5) is 0 Å². The van der Waals surface area contributed by atoms with Crippen LogP contribution in [0.25, 0.3) is 0 Å². The van der Waals surface area contributed by atoms with Crippen molar-refractivity contribution in [3.63, 3.8) is 0 Å². The van der Waals surface area contributed by atoms with E-state index in [4.69, 9.17) is 5.73 Å². The number of aliphatic hydroxyl groups is 1. The number of β-amino-alcohol motifs (C(OH)–C–C–N with tert-alkyl or cyclic N) is 1. The Labute approximate surface area is 79.9 Å². The van der Waals surface area contributed by atoms with Gasteiger partial charge in [0.05, 0.1) is 6.10 Å². The molecule has 0 spiro atoms. The number of nitrogens with two attached hydrogens (primary N) is 1. The number of rotatable bonds is 3. The molecule has 1 aliphatic heterocycles. The minimum atomic E-state index is -0.320.